The molecule has 0 atom stereocenters. The Kier molecular flexibility index (Phi) is 6.89. The zero-order valence-corrected chi connectivity index (χ0v) is 16.3. The third-order valence-corrected chi connectivity index (χ3v) is 4.46. The maximum Gasteiger partial charge on any atom is 0.258 e. The van der Waals surface area contributed by atoms with Gasteiger partial charge in [0.05, 0.1) is 11.6 Å². The summed E-state index contributed by atoms with van der Waals surface area (Å²) in [7, 11) is 0. The molecule has 7 heteroatoms. The molecule has 0 aliphatic carbocycles. The third-order valence-electron chi connectivity index (χ3n) is 3.66. The van der Waals surface area contributed by atoms with Crippen molar-refractivity contribution in [3.05, 3.63) is 57.1 Å². The van der Waals surface area contributed by atoms with Crippen LogP contribution in [0.1, 0.15) is 16.7 Å². The first-order valence-corrected chi connectivity index (χ1v) is 8.74. The van der Waals surface area contributed by atoms with E-state index in [1.165, 1.54) is 0 Å². The third kappa shape index (κ3) is 5.38. The van der Waals surface area contributed by atoms with E-state index in [-0.39, 0.29) is 24.1 Å². The summed E-state index contributed by atoms with van der Waals surface area (Å²) in [6.45, 7) is 5.43. The van der Waals surface area contributed by atoms with Gasteiger partial charge >= 0.3 is 0 Å². The lowest BCUT2D eigenvalue weighted by Crippen LogP contribution is -2.36. The van der Waals surface area contributed by atoms with Crippen LogP contribution in [0.2, 0.25) is 10.0 Å². The molecule has 0 spiro atoms. The minimum Gasteiger partial charge on any atom is -0.482 e. The van der Waals surface area contributed by atoms with Crippen molar-refractivity contribution in [2.24, 2.45) is 0 Å². The molecule has 2 amide bonds. The fourth-order valence-electron chi connectivity index (χ4n) is 2.53. The second kappa shape index (κ2) is 8.92. The molecule has 0 aliphatic heterocycles. The van der Waals surface area contributed by atoms with E-state index in [0.717, 1.165) is 22.4 Å². The normalized spacial score (nSPS) is 10.3. The van der Waals surface area contributed by atoms with Gasteiger partial charge in [-0.15, -0.1) is 0 Å². The molecule has 0 heterocycles. The van der Waals surface area contributed by atoms with E-state index < -0.39 is 5.91 Å². The molecule has 2 aromatic rings. The Morgan fingerprint density at radius 2 is 1.69 bits per heavy atom. The standard InChI is InChI=1S/C19H20Cl2N2O3/c1-11-7-12(2)19(13(3)8-11)23-16(24)9-22-17(25)10-26-15-6-4-5-14(20)18(15)21/h4-8H,9-10H2,1-3H3,(H,22,25)(H,23,24). The summed E-state index contributed by atoms with van der Waals surface area (Å²) in [5.41, 5.74) is 3.84. The van der Waals surface area contributed by atoms with E-state index >= 15 is 0 Å². The largest absolute Gasteiger partial charge is 0.482 e. The molecule has 2 aromatic carbocycles. The Balaban J connectivity index is 1.84. The zero-order chi connectivity index (χ0) is 19.3. The highest BCUT2D eigenvalue weighted by Gasteiger charge is 2.11. The van der Waals surface area contributed by atoms with Gasteiger partial charge < -0.3 is 15.4 Å². The summed E-state index contributed by atoms with van der Waals surface area (Å²) in [5.74, 6) is -0.438. The first-order valence-electron chi connectivity index (χ1n) is 7.99. The molecule has 0 saturated heterocycles. The van der Waals surface area contributed by atoms with Crippen molar-refractivity contribution in [2.75, 3.05) is 18.5 Å². The molecule has 0 bridgehead atoms. The predicted octanol–water partition coefficient (Wildman–Crippen LogP) is 4.05. The van der Waals surface area contributed by atoms with E-state index in [4.69, 9.17) is 27.9 Å². The highest BCUT2D eigenvalue weighted by atomic mass is 35.5. The van der Waals surface area contributed by atoms with Crippen LogP contribution in [0, 0.1) is 20.8 Å². The highest BCUT2D eigenvalue weighted by molar-refractivity contribution is 6.42. The van der Waals surface area contributed by atoms with E-state index in [2.05, 4.69) is 10.6 Å². The van der Waals surface area contributed by atoms with Gasteiger partial charge in [0, 0.05) is 5.69 Å². The quantitative estimate of drug-likeness (QED) is 0.776. The van der Waals surface area contributed by atoms with Gasteiger partial charge in [0.1, 0.15) is 10.8 Å². The van der Waals surface area contributed by atoms with E-state index in [9.17, 15) is 9.59 Å². The van der Waals surface area contributed by atoms with Gasteiger partial charge in [-0.25, -0.2) is 0 Å². The Labute approximate surface area is 162 Å². The summed E-state index contributed by atoms with van der Waals surface area (Å²) in [6, 6.07) is 8.88. The Bertz CT molecular complexity index is 815. The zero-order valence-electron chi connectivity index (χ0n) is 14.8. The number of ether oxygens (including phenoxy) is 1. The maximum absolute atomic E-state index is 12.1. The summed E-state index contributed by atoms with van der Waals surface area (Å²) < 4.78 is 5.32. The number of amides is 2. The SMILES string of the molecule is Cc1cc(C)c(NC(=O)CNC(=O)COc2cccc(Cl)c2Cl)c(C)c1. The number of nitrogens with one attached hydrogen (secondary N) is 2. The van der Waals surface area contributed by atoms with Crippen molar-refractivity contribution in [1.82, 2.24) is 5.32 Å². The van der Waals surface area contributed by atoms with Gasteiger partial charge in [0.25, 0.3) is 5.91 Å². The molecule has 0 fully saturated rings. The Morgan fingerprint density at radius 1 is 1.04 bits per heavy atom. The summed E-state index contributed by atoms with van der Waals surface area (Å²) in [4.78, 5) is 23.9. The highest BCUT2D eigenvalue weighted by Crippen LogP contribution is 2.31. The number of carbonyl (C=O) groups is 2. The number of hydrogen-bond acceptors (Lipinski definition) is 3. The fourth-order valence-corrected chi connectivity index (χ4v) is 2.88. The second-order valence-corrected chi connectivity index (χ2v) is 6.72. The van der Waals surface area contributed by atoms with Gasteiger partial charge in [-0.2, -0.15) is 0 Å². The monoisotopic (exact) mass is 394 g/mol. The topological polar surface area (TPSA) is 67.4 Å². The molecule has 5 nitrogen and oxygen atoms in total. The van der Waals surface area contributed by atoms with Crippen LogP contribution in [0.25, 0.3) is 0 Å². The van der Waals surface area contributed by atoms with Crippen molar-refractivity contribution < 1.29 is 14.3 Å². The van der Waals surface area contributed by atoms with Crippen molar-refractivity contribution in [2.45, 2.75) is 20.8 Å². The number of anilines is 1. The number of halogens is 2. The van der Waals surface area contributed by atoms with Crippen LogP contribution in [0.15, 0.2) is 30.3 Å². The summed E-state index contributed by atoms with van der Waals surface area (Å²) >= 11 is 11.9. The molecule has 2 N–H and O–H groups in total. The van der Waals surface area contributed by atoms with E-state index in [0.29, 0.717) is 10.8 Å². The van der Waals surface area contributed by atoms with Crippen LogP contribution in [-0.2, 0) is 9.59 Å². The van der Waals surface area contributed by atoms with Crippen molar-refractivity contribution in [3.8, 4) is 5.75 Å². The molecular formula is C19H20Cl2N2O3. The maximum atomic E-state index is 12.1. The average molecular weight is 395 g/mol. The van der Waals surface area contributed by atoms with Gasteiger partial charge in [0.15, 0.2) is 6.61 Å². The molecule has 26 heavy (non-hydrogen) atoms. The Morgan fingerprint density at radius 3 is 2.35 bits per heavy atom. The molecule has 138 valence electrons. The minimum atomic E-state index is -0.437. The number of hydrogen-bond donors (Lipinski definition) is 2. The molecule has 0 saturated carbocycles. The molecule has 0 aromatic heterocycles. The van der Waals surface area contributed by atoms with E-state index in [1.54, 1.807) is 18.2 Å². The van der Waals surface area contributed by atoms with Crippen molar-refractivity contribution in [1.29, 1.82) is 0 Å². The van der Waals surface area contributed by atoms with Crippen LogP contribution < -0.4 is 15.4 Å². The first kappa shape index (κ1) is 20.1. The molecule has 0 radical (unpaired) electrons. The smallest absolute Gasteiger partial charge is 0.258 e. The molecule has 2 rings (SSSR count). The van der Waals surface area contributed by atoms with Crippen molar-refractivity contribution >= 4 is 40.7 Å². The van der Waals surface area contributed by atoms with Crippen LogP contribution in [0.3, 0.4) is 0 Å². The Hall–Kier alpha value is -2.24. The van der Waals surface area contributed by atoms with Crippen LogP contribution >= 0.6 is 23.2 Å². The summed E-state index contributed by atoms with van der Waals surface area (Å²) in [6.07, 6.45) is 0. The van der Waals surface area contributed by atoms with Crippen molar-refractivity contribution in [3.63, 3.8) is 0 Å². The molecular weight excluding hydrogens is 375 g/mol. The van der Waals surface area contributed by atoms with Gasteiger partial charge in [-0.05, 0) is 44.0 Å². The minimum absolute atomic E-state index is 0.155. The van der Waals surface area contributed by atoms with Gasteiger partial charge in [-0.1, -0.05) is 47.0 Å². The first-order chi connectivity index (χ1) is 12.3. The van der Waals surface area contributed by atoms with Crippen LogP contribution in [-0.4, -0.2) is 25.0 Å². The summed E-state index contributed by atoms with van der Waals surface area (Å²) in [5, 5.41) is 5.90. The predicted molar refractivity (Wildman–Crippen MR) is 104 cm³/mol. The van der Waals surface area contributed by atoms with Gasteiger partial charge in [0.2, 0.25) is 5.91 Å². The average Bonchev–Trinajstić information content (AvgIpc) is 2.57. The lowest BCUT2D eigenvalue weighted by atomic mass is 10.1. The molecule has 0 unspecified atom stereocenters. The number of rotatable bonds is 6. The fraction of sp³-hybridized carbons (Fsp3) is 0.263. The molecule has 0 aliphatic rings. The number of aryl methyl sites for hydroxylation is 3. The van der Waals surface area contributed by atoms with Crippen LogP contribution in [0.5, 0.6) is 5.75 Å². The van der Waals surface area contributed by atoms with E-state index in [1.807, 2.05) is 32.9 Å². The van der Waals surface area contributed by atoms with Gasteiger partial charge in [-0.3, -0.25) is 9.59 Å². The number of benzene rings is 2. The lowest BCUT2D eigenvalue weighted by Gasteiger charge is -2.13. The number of carbonyl (C=O) groups excluding carboxylic acids is 2. The lowest BCUT2D eigenvalue weighted by molar-refractivity contribution is -0.125. The second-order valence-electron chi connectivity index (χ2n) is 5.94. The van der Waals surface area contributed by atoms with Crippen LogP contribution in [0.4, 0.5) is 5.69 Å².